The highest BCUT2D eigenvalue weighted by atomic mass is 16.6. The molecule has 0 aliphatic heterocycles. The van der Waals surface area contributed by atoms with Crippen LogP contribution in [-0.4, -0.2) is 22.7 Å². The van der Waals surface area contributed by atoms with Gasteiger partial charge in [0, 0.05) is 18.3 Å². The number of hydrogen-bond donors (Lipinski definition) is 2. The molecular formula is C13H17N3O3. The molecule has 2 N–H and O–H groups in total. The molecule has 0 radical (unpaired) electrons. The van der Waals surface area contributed by atoms with E-state index in [1.165, 1.54) is 12.1 Å². The fraction of sp³-hybridized carbons (Fsp3) is 0.462. The van der Waals surface area contributed by atoms with Gasteiger partial charge in [0.1, 0.15) is 11.6 Å². The van der Waals surface area contributed by atoms with E-state index >= 15 is 0 Å². The van der Waals surface area contributed by atoms with Crippen LogP contribution in [0, 0.1) is 27.4 Å². The predicted octanol–water partition coefficient (Wildman–Crippen LogP) is 2.29. The number of hydrogen-bond acceptors (Lipinski definition) is 5. The Morgan fingerprint density at radius 2 is 2.21 bits per heavy atom. The molecule has 0 aliphatic rings. The Morgan fingerprint density at radius 3 is 2.74 bits per heavy atom. The van der Waals surface area contributed by atoms with Gasteiger partial charge in [0.15, 0.2) is 0 Å². The molecule has 0 unspecified atom stereocenters. The zero-order valence-corrected chi connectivity index (χ0v) is 11.0. The lowest BCUT2D eigenvalue weighted by Gasteiger charge is -2.15. The van der Waals surface area contributed by atoms with Gasteiger partial charge < -0.3 is 10.4 Å². The third-order valence-electron chi connectivity index (χ3n) is 2.71. The van der Waals surface area contributed by atoms with Gasteiger partial charge in [-0.2, -0.15) is 5.26 Å². The zero-order chi connectivity index (χ0) is 14.4. The molecule has 1 aromatic rings. The monoisotopic (exact) mass is 263 g/mol. The lowest BCUT2D eigenvalue weighted by molar-refractivity contribution is -0.385. The molecule has 0 spiro atoms. The van der Waals surface area contributed by atoms with Crippen LogP contribution in [0.5, 0.6) is 0 Å². The van der Waals surface area contributed by atoms with Crippen molar-refractivity contribution in [1.29, 1.82) is 5.26 Å². The number of nitrogens with zero attached hydrogens (tertiary/aromatic N) is 2. The van der Waals surface area contributed by atoms with Gasteiger partial charge in [-0.15, -0.1) is 0 Å². The minimum absolute atomic E-state index is 0.0400. The van der Waals surface area contributed by atoms with E-state index in [1.54, 1.807) is 13.0 Å². The quantitative estimate of drug-likeness (QED) is 0.606. The van der Waals surface area contributed by atoms with E-state index in [1.807, 2.05) is 13.0 Å². The van der Waals surface area contributed by atoms with E-state index in [0.717, 1.165) is 0 Å². The van der Waals surface area contributed by atoms with Gasteiger partial charge >= 0.3 is 0 Å². The Morgan fingerprint density at radius 1 is 1.53 bits per heavy atom. The molecule has 0 aromatic heterocycles. The number of benzene rings is 1. The summed E-state index contributed by atoms with van der Waals surface area (Å²) in [7, 11) is 0. The van der Waals surface area contributed by atoms with Gasteiger partial charge in [-0.1, -0.05) is 6.92 Å². The lowest BCUT2D eigenvalue weighted by atomic mass is 10.0. The van der Waals surface area contributed by atoms with Crippen LogP contribution in [0.1, 0.15) is 25.8 Å². The molecular weight excluding hydrogens is 246 g/mol. The Balaban J connectivity index is 2.71. The summed E-state index contributed by atoms with van der Waals surface area (Å²) in [6.07, 6.45) is 0.314. The first kappa shape index (κ1) is 14.9. The molecule has 6 nitrogen and oxygen atoms in total. The molecule has 19 heavy (non-hydrogen) atoms. The van der Waals surface area contributed by atoms with Gasteiger partial charge in [-0.3, -0.25) is 10.1 Å². The second-order valence-corrected chi connectivity index (χ2v) is 4.67. The minimum atomic E-state index is -0.571. The van der Waals surface area contributed by atoms with Crippen molar-refractivity contribution in [3.05, 3.63) is 33.9 Å². The number of nitro benzene ring substituents is 1. The van der Waals surface area contributed by atoms with Crippen molar-refractivity contribution in [2.45, 2.75) is 26.4 Å². The van der Waals surface area contributed by atoms with Crippen LogP contribution >= 0.6 is 0 Å². The second kappa shape index (κ2) is 6.71. The topological polar surface area (TPSA) is 99.2 Å². The standard InChI is InChI=1S/C13H17N3O3/c1-9(5-10(2)17)8-15-12-3-4-13(16(18)19)11(6-12)7-14/h3-4,6,9-10,15,17H,5,8H2,1-2H3/t9-,10+/m0/s1. The number of nitriles is 1. The average Bonchev–Trinajstić information content (AvgIpc) is 2.34. The third kappa shape index (κ3) is 4.56. The summed E-state index contributed by atoms with van der Waals surface area (Å²) < 4.78 is 0. The largest absolute Gasteiger partial charge is 0.393 e. The highest BCUT2D eigenvalue weighted by molar-refractivity contribution is 5.58. The maximum Gasteiger partial charge on any atom is 0.287 e. The molecule has 0 aliphatic carbocycles. The van der Waals surface area contributed by atoms with Gasteiger partial charge in [0.25, 0.3) is 5.69 Å². The van der Waals surface area contributed by atoms with Crippen molar-refractivity contribution < 1.29 is 10.0 Å². The summed E-state index contributed by atoms with van der Waals surface area (Å²) >= 11 is 0. The van der Waals surface area contributed by atoms with Crippen LogP contribution in [0.3, 0.4) is 0 Å². The van der Waals surface area contributed by atoms with Crippen LogP contribution in [0.4, 0.5) is 11.4 Å². The molecule has 2 atom stereocenters. The number of nitro groups is 1. The van der Waals surface area contributed by atoms with Crippen molar-refractivity contribution in [2.24, 2.45) is 5.92 Å². The molecule has 0 amide bonds. The Bertz CT molecular complexity index is 494. The Kier molecular flexibility index (Phi) is 5.27. The van der Waals surface area contributed by atoms with Crippen LogP contribution in [0.15, 0.2) is 18.2 Å². The van der Waals surface area contributed by atoms with Crippen LogP contribution in [-0.2, 0) is 0 Å². The molecule has 0 heterocycles. The van der Waals surface area contributed by atoms with E-state index in [-0.39, 0.29) is 23.3 Å². The first-order chi connectivity index (χ1) is 8.93. The Labute approximate surface area is 111 Å². The fourth-order valence-electron chi connectivity index (χ4n) is 1.85. The minimum Gasteiger partial charge on any atom is -0.393 e. The SMILES string of the molecule is C[C@H](CNc1ccc([N+](=O)[O-])c(C#N)c1)C[C@@H](C)O. The van der Waals surface area contributed by atoms with E-state index in [0.29, 0.717) is 18.7 Å². The first-order valence-electron chi connectivity index (χ1n) is 6.04. The first-order valence-corrected chi connectivity index (χ1v) is 6.04. The van der Waals surface area contributed by atoms with E-state index in [4.69, 9.17) is 5.26 Å². The van der Waals surface area contributed by atoms with Gasteiger partial charge in [0.05, 0.1) is 11.0 Å². The Hall–Kier alpha value is -2.13. The molecule has 0 saturated carbocycles. The van der Waals surface area contributed by atoms with Gasteiger partial charge in [-0.05, 0) is 31.4 Å². The summed E-state index contributed by atoms with van der Waals surface area (Å²) in [6.45, 7) is 4.36. The number of aliphatic hydroxyl groups is 1. The van der Waals surface area contributed by atoms with Crippen LogP contribution in [0.2, 0.25) is 0 Å². The number of rotatable bonds is 6. The van der Waals surface area contributed by atoms with Crippen molar-refractivity contribution in [3.63, 3.8) is 0 Å². The predicted molar refractivity (Wildman–Crippen MR) is 71.8 cm³/mol. The summed E-state index contributed by atoms with van der Waals surface area (Å²) in [6, 6.07) is 6.18. The van der Waals surface area contributed by atoms with E-state index in [2.05, 4.69) is 5.32 Å². The van der Waals surface area contributed by atoms with Crippen molar-refractivity contribution in [1.82, 2.24) is 0 Å². The molecule has 0 saturated heterocycles. The molecule has 1 rings (SSSR count). The summed E-state index contributed by atoms with van der Waals surface area (Å²) in [5, 5.41) is 31.9. The number of anilines is 1. The van der Waals surface area contributed by atoms with Crippen molar-refractivity contribution in [3.8, 4) is 6.07 Å². The molecule has 6 heteroatoms. The lowest BCUT2D eigenvalue weighted by Crippen LogP contribution is -2.16. The van der Waals surface area contributed by atoms with Gasteiger partial charge in [-0.25, -0.2) is 0 Å². The molecule has 0 fully saturated rings. The van der Waals surface area contributed by atoms with Gasteiger partial charge in [0.2, 0.25) is 0 Å². The average molecular weight is 263 g/mol. The third-order valence-corrected chi connectivity index (χ3v) is 2.71. The number of aliphatic hydroxyl groups excluding tert-OH is 1. The highest BCUT2D eigenvalue weighted by Crippen LogP contribution is 2.22. The van der Waals surface area contributed by atoms with Crippen molar-refractivity contribution >= 4 is 11.4 Å². The summed E-state index contributed by atoms with van der Waals surface area (Å²) in [4.78, 5) is 10.1. The summed E-state index contributed by atoms with van der Waals surface area (Å²) in [5.74, 6) is 0.265. The maximum absolute atomic E-state index is 10.7. The molecule has 102 valence electrons. The second-order valence-electron chi connectivity index (χ2n) is 4.67. The summed E-state index contributed by atoms with van der Waals surface area (Å²) in [5.41, 5.74) is 0.517. The highest BCUT2D eigenvalue weighted by Gasteiger charge is 2.14. The van der Waals surface area contributed by atoms with E-state index < -0.39 is 4.92 Å². The zero-order valence-electron chi connectivity index (χ0n) is 11.0. The van der Waals surface area contributed by atoms with Crippen LogP contribution < -0.4 is 5.32 Å². The maximum atomic E-state index is 10.7. The number of nitrogens with one attached hydrogen (secondary N) is 1. The van der Waals surface area contributed by atoms with Crippen LogP contribution in [0.25, 0.3) is 0 Å². The smallest absolute Gasteiger partial charge is 0.287 e. The molecule has 0 bridgehead atoms. The van der Waals surface area contributed by atoms with E-state index in [9.17, 15) is 15.2 Å². The fourth-order valence-corrected chi connectivity index (χ4v) is 1.85. The molecule has 1 aromatic carbocycles. The normalized spacial score (nSPS) is 13.4. The van der Waals surface area contributed by atoms with Crippen molar-refractivity contribution in [2.75, 3.05) is 11.9 Å².